The van der Waals surface area contributed by atoms with E-state index < -0.39 is 0 Å². The van der Waals surface area contributed by atoms with E-state index in [2.05, 4.69) is 25.8 Å². The van der Waals surface area contributed by atoms with Crippen molar-refractivity contribution in [1.29, 1.82) is 0 Å². The number of rotatable bonds is 4. The molecule has 0 saturated carbocycles. The zero-order valence-corrected chi connectivity index (χ0v) is 11.7. The fourth-order valence-corrected chi connectivity index (χ4v) is 3.54. The van der Waals surface area contributed by atoms with Crippen LogP contribution in [0.1, 0.15) is 33.1 Å². The molecule has 0 spiro atoms. The van der Waals surface area contributed by atoms with Gasteiger partial charge in [-0.1, -0.05) is 13.8 Å². The van der Waals surface area contributed by atoms with Gasteiger partial charge in [0.15, 0.2) is 0 Å². The smallest absolute Gasteiger partial charge is 0.0548 e. The molecule has 2 rings (SSSR count). The van der Waals surface area contributed by atoms with Crippen molar-refractivity contribution in [3.63, 3.8) is 0 Å². The Labute approximate surface area is 106 Å². The van der Waals surface area contributed by atoms with Gasteiger partial charge < -0.3 is 15.4 Å². The predicted molar refractivity (Wildman–Crippen MR) is 70.9 cm³/mol. The Morgan fingerprint density at radius 3 is 2.59 bits per heavy atom. The summed E-state index contributed by atoms with van der Waals surface area (Å²) in [6, 6.07) is 0. The summed E-state index contributed by atoms with van der Waals surface area (Å²) in [6.45, 7) is 9.76. The summed E-state index contributed by atoms with van der Waals surface area (Å²) in [5.41, 5.74) is 6.56. The van der Waals surface area contributed by atoms with Crippen LogP contribution in [0.15, 0.2) is 0 Å². The first-order valence-electron chi connectivity index (χ1n) is 6.94. The van der Waals surface area contributed by atoms with Gasteiger partial charge in [-0.3, -0.25) is 0 Å². The molecule has 100 valence electrons. The van der Waals surface area contributed by atoms with Crippen LogP contribution < -0.4 is 5.73 Å². The first kappa shape index (κ1) is 13.3. The molecular formula is C14H28N2O. The van der Waals surface area contributed by atoms with Crippen molar-refractivity contribution in [2.75, 3.05) is 39.9 Å². The first-order valence-corrected chi connectivity index (χ1v) is 6.94. The number of piperidine rings is 1. The Morgan fingerprint density at radius 2 is 2.12 bits per heavy atom. The maximum absolute atomic E-state index is 5.90. The van der Waals surface area contributed by atoms with E-state index in [9.17, 15) is 0 Å². The van der Waals surface area contributed by atoms with Crippen molar-refractivity contribution >= 4 is 0 Å². The zero-order chi connectivity index (χ0) is 12.5. The molecule has 2 aliphatic heterocycles. The minimum Gasteiger partial charge on any atom is -0.380 e. The summed E-state index contributed by atoms with van der Waals surface area (Å²) in [5, 5.41) is 0. The Bertz CT molecular complexity index is 261. The number of likely N-dealkylation sites (tertiary alicyclic amines) is 1. The van der Waals surface area contributed by atoms with Gasteiger partial charge in [0.1, 0.15) is 0 Å². The van der Waals surface area contributed by atoms with Crippen LogP contribution in [0, 0.1) is 16.7 Å². The molecule has 2 saturated heterocycles. The van der Waals surface area contributed by atoms with E-state index in [-0.39, 0.29) is 5.41 Å². The molecule has 0 bridgehead atoms. The number of nitrogens with two attached hydrogens (primary N) is 1. The van der Waals surface area contributed by atoms with E-state index in [1.807, 2.05) is 0 Å². The van der Waals surface area contributed by atoms with E-state index in [0.717, 1.165) is 25.7 Å². The second-order valence-corrected chi connectivity index (χ2v) is 7.00. The van der Waals surface area contributed by atoms with Gasteiger partial charge in [-0.2, -0.15) is 0 Å². The monoisotopic (exact) mass is 240 g/mol. The Morgan fingerprint density at radius 1 is 1.41 bits per heavy atom. The van der Waals surface area contributed by atoms with Crippen molar-refractivity contribution in [3.05, 3.63) is 0 Å². The quantitative estimate of drug-likeness (QED) is 0.813. The van der Waals surface area contributed by atoms with Crippen LogP contribution in [0.2, 0.25) is 0 Å². The fraction of sp³-hybridized carbons (Fsp3) is 1.00. The SMILES string of the molecule is CN1CCCC(C2(CC(C)(C)CN)COC2)C1. The van der Waals surface area contributed by atoms with Crippen molar-refractivity contribution in [3.8, 4) is 0 Å². The van der Waals surface area contributed by atoms with E-state index in [4.69, 9.17) is 10.5 Å². The third-order valence-corrected chi connectivity index (χ3v) is 4.65. The molecule has 17 heavy (non-hydrogen) atoms. The summed E-state index contributed by atoms with van der Waals surface area (Å²) < 4.78 is 5.56. The maximum Gasteiger partial charge on any atom is 0.0548 e. The molecule has 0 amide bonds. The second-order valence-electron chi connectivity index (χ2n) is 7.00. The largest absolute Gasteiger partial charge is 0.380 e. The minimum atomic E-state index is 0.250. The van der Waals surface area contributed by atoms with E-state index in [1.165, 1.54) is 32.4 Å². The highest BCUT2D eigenvalue weighted by atomic mass is 16.5. The number of hydrogen-bond donors (Lipinski definition) is 1. The van der Waals surface area contributed by atoms with Gasteiger partial charge in [0.2, 0.25) is 0 Å². The van der Waals surface area contributed by atoms with Crippen molar-refractivity contribution < 1.29 is 4.74 Å². The van der Waals surface area contributed by atoms with Gasteiger partial charge in [0.05, 0.1) is 13.2 Å². The molecule has 0 aromatic rings. The van der Waals surface area contributed by atoms with E-state index in [1.54, 1.807) is 0 Å². The predicted octanol–water partition coefficient (Wildman–Crippen LogP) is 1.72. The molecule has 3 nitrogen and oxygen atoms in total. The van der Waals surface area contributed by atoms with Gasteiger partial charge in [-0.05, 0) is 50.7 Å². The molecule has 0 aromatic heterocycles. The molecule has 1 unspecified atom stereocenters. The molecular weight excluding hydrogens is 212 g/mol. The Kier molecular flexibility index (Phi) is 3.81. The fourth-order valence-electron chi connectivity index (χ4n) is 3.54. The molecule has 0 radical (unpaired) electrons. The Hall–Kier alpha value is -0.120. The average molecular weight is 240 g/mol. The van der Waals surface area contributed by atoms with Crippen molar-refractivity contribution in [2.45, 2.75) is 33.1 Å². The molecule has 0 aliphatic carbocycles. The van der Waals surface area contributed by atoms with Crippen LogP contribution in [0.25, 0.3) is 0 Å². The Balaban J connectivity index is 2.03. The topological polar surface area (TPSA) is 38.5 Å². The van der Waals surface area contributed by atoms with Crippen LogP contribution in [0.5, 0.6) is 0 Å². The van der Waals surface area contributed by atoms with E-state index in [0.29, 0.717) is 5.41 Å². The van der Waals surface area contributed by atoms with Gasteiger partial charge in [0.25, 0.3) is 0 Å². The van der Waals surface area contributed by atoms with Crippen LogP contribution in [-0.2, 0) is 4.74 Å². The lowest BCUT2D eigenvalue weighted by Gasteiger charge is -2.53. The maximum atomic E-state index is 5.90. The molecule has 2 heterocycles. The minimum absolute atomic E-state index is 0.250. The second kappa shape index (κ2) is 4.87. The van der Waals surface area contributed by atoms with Crippen LogP contribution in [0.4, 0.5) is 0 Å². The average Bonchev–Trinajstić information content (AvgIpc) is 2.24. The zero-order valence-electron chi connectivity index (χ0n) is 11.7. The highest BCUT2D eigenvalue weighted by Gasteiger charge is 2.48. The molecule has 2 aliphatic rings. The number of nitrogens with zero attached hydrogens (tertiary/aromatic N) is 1. The van der Waals surface area contributed by atoms with Crippen LogP contribution >= 0.6 is 0 Å². The van der Waals surface area contributed by atoms with E-state index >= 15 is 0 Å². The summed E-state index contributed by atoms with van der Waals surface area (Å²) in [7, 11) is 2.24. The van der Waals surface area contributed by atoms with Gasteiger partial charge in [-0.25, -0.2) is 0 Å². The van der Waals surface area contributed by atoms with Gasteiger partial charge in [-0.15, -0.1) is 0 Å². The summed E-state index contributed by atoms with van der Waals surface area (Å²) >= 11 is 0. The molecule has 0 aromatic carbocycles. The standard InChI is InChI=1S/C14H28N2O/c1-13(2,9-15)8-14(10-17-11-14)12-5-4-6-16(3)7-12/h12H,4-11,15H2,1-3H3. The van der Waals surface area contributed by atoms with Crippen LogP contribution in [0.3, 0.4) is 0 Å². The third kappa shape index (κ3) is 2.83. The van der Waals surface area contributed by atoms with Crippen LogP contribution in [-0.4, -0.2) is 44.8 Å². The number of hydrogen-bond acceptors (Lipinski definition) is 3. The third-order valence-electron chi connectivity index (χ3n) is 4.65. The highest BCUT2D eigenvalue weighted by molar-refractivity contribution is 4.97. The summed E-state index contributed by atoms with van der Waals surface area (Å²) in [6.07, 6.45) is 3.93. The summed E-state index contributed by atoms with van der Waals surface area (Å²) in [4.78, 5) is 2.48. The summed E-state index contributed by atoms with van der Waals surface area (Å²) in [5.74, 6) is 0.806. The first-order chi connectivity index (χ1) is 7.97. The van der Waals surface area contributed by atoms with Crippen molar-refractivity contribution in [1.82, 2.24) is 4.90 Å². The molecule has 2 fully saturated rings. The van der Waals surface area contributed by atoms with Crippen molar-refractivity contribution in [2.24, 2.45) is 22.5 Å². The molecule has 3 heteroatoms. The lowest BCUT2D eigenvalue weighted by Crippen LogP contribution is -2.55. The number of ether oxygens (including phenoxy) is 1. The van der Waals surface area contributed by atoms with Gasteiger partial charge >= 0.3 is 0 Å². The lowest BCUT2D eigenvalue weighted by molar-refractivity contribution is -0.172. The lowest BCUT2D eigenvalue weighted by atomic mass is 9.62. The highest BCUT2D eigenvalue weighted by Crippen LogP contribution is 2.47. The molecule has 2 N–H and O–H groups in total. The van der Waals surface area contributed by atoms with Gasteiger partial charge in [0, 0.05) is 12.0 Å². The normalized spacial score (nSPS) is 30.0. The molecule has 1 atom stereocenters.